The van der Waals surface area contributed by atoms with Gasteiger partial charge in [0, 0.05) is 13.5 Å². The molecular formula is C12H23NO4. The van der Waals surface area contributed by atoms with Gasteiger partial charge >= 0.3 is 5.97 Å². The highest BCUT2D eigenvalue weighted by atomic mass is 16.5. The van der Waals surface area contributed by atoms with E-state index in [9.17, 15) is 9.90 Å². The monoisotopic (exact) mass is 245 g/mol. The Balaban J connectivity index is 2.51. The summed E-state index contributed by atoms with van der Waals surface area (Å²) in [5, 5.41) is 12.4. The van der Waals surface area contributed by atoms with Crippen molar-refractivity contribution < 1.29 is 19.4 Å². The van der Waals surface area contributed by atoms with Gasteiger partial charge in [0.2, 0.25) is 0 Å². The number of aliphatic carboxylic acids is 1. The summed E-state index contributed by atoms with van der Waals surface area (Å²) in [6, 6.07) is 0. The first-order valence-electron chi connectivity index (χ1n) is 6.17. The molecule has 0 amide bonds. The number of hydrogen-bond acceptors (Lipinski definition) is 4. The van der Waals surface area contributed by atoms with Crippen LogP contribution in [-0.2, 0) is 14.3 Å². The number of nitrogens with one attached hydrogen (secondary N) is 1. The first-order chi connectivity index (χ1) is 8.04. The first-order valence-corrected chi connectivity index (χ1v) is 6.17. The van der Waals surface area contributed by atoms with Crippen LogP contribution in [0.5, 0.6) is 0 Å². The summed E-state index contributed by atoms with van der Waals surface area (Å²) in [6.45, 7) is 5.06. The number of carboxylic acids is 1. The molecule has 0 aromatic heterocycles. The fourth-order valence-electron chi connectivity index (χ4n) is 2.49. The minimum atomic E-state index is -0.799. The zero-order chi connectivity index (χ0) is 12.9. The first kappa shape index (κ1) is 14.4. The van der Waals surface area contributed by atoms with Crippen LogP contribution in [0.2, 0.25) is 0 Å². The van der Waals surface area contributed by atoms with E-state index < -0.39 is 11.5 Å². The molecule has 0 aliphatic heterocycles. The molecule has 0 radical (unpaired) electrons. The number of carbonyl (C=O) groups is 1. The maximum Gasteiger partial charge on any atom is 0.323 e. The molecule has 1 saturated carbocycles. The zero-order valence-corrected chi connectivity index (χ0v) is 10.9. The van der Waals surface area contributed by atoms with Gasteiger partial charge in [-0.3, -0.25) is 4.79 Å². The number of methoxy groups -OCH3 is 1. The van der Waals surface area contributed by atoms with Crippen molar-refractivity contribution in [3.63, 3.8) is 0 Å². The van der Waals surface area contributed by atoms with Crippen molar-refractivity contribution in [2.75, 3.05) is 20.3 Å². The number of ether oxygens (including phenoxy) is 2. The van der Waals surface area contributed by atoms with Crippen molar-refractivity contribution in [2.45, 2.75) is 50.9 Å². The molecule has 0 heterocycles. The number of likely N-dealkylation sites (N-methyl/N-ethyl adjacent to an activating group) is 1. The summed E-state index contributed by atoms with van der Waals surface area (Å²) in [5.74, 6) is -0.773. The van der Waals surface area contributed by atoms with E-state index in [1.54, 1.807) is 7.11 Å². The molecule has 1 aliphatic carbocycles. The van der Waals surface area contributed by atoms with Gasteiger partial charge in [-0.05, 0) is 26.3 Å². The molecule has 5 heteroatoms. The lowest BCUT2D eigenvalue weighted by atomic mass is 9.98. The van der Waals surface area contributed by atoms with Gasteiger partial charge < -0.3 is 19.9 Å². The molecule has 0 aromatic carbocycles. The fraction of sp³-hybridized carbons (Fsp3) is 0.917. The van der Waals surface area contributed by atoms with Crippen molar-refractivity contribution in [2.24, 2.45) is 0 Å². The standard InChI is InChI=1S/C12H23NO4/c1-4-13-12(11(14)15)6-5-10(7-12)17-9(2)8-16-3/h9-10,13H,4-8H2,1-3H3,(H,14,15). The third-order valence-electron chi connectivity index (χ3n) is 3.22. The summed E-state index contributed by atoms with van der Waals surface area (Å²) in [4.78, 5) is 11.3. The van der Waals surface area contributed by atoms with Crippen LogP contribution in [0.1, 0.15) is 33.1 Å². The summed E-state index contributed by atoms with van der Waals surface area (Å²) < 4.78 is 10.8. The quantitative estimate of drug-likeness (QED) is 0.701. The lowest BCUT2D eigenvalue weighted by Gasteiger charge is -2.25. The Bertz CT molecular complexity index is 259. The summed E-state index contributed by atoms with van der Waals surface area (Å²) >= 11 is 0. The van der Waals surface area contributed by atoms with Crippen LogP contribution in [0.3, 0.4) is 0 Å². The molecule has 100 valence electrons. The molecule has 1 rings (SSSR count). The van der Waals surface area contributed by atoms with Gasteiger partial charge in [-0.15, -0.1) is 0 Å². The largest absolute Gasteiger partial charge is 0.480 e. The molecule has 0 saturated heterocycles. The zero-order valence-electron chi connectivity index (χ0n) is 10.9. The molecule has 0 bridgehead atoms. The lowest BCUT2D eigenvalue weighted by Crippen LogP contribution is -2.50. The molecule has 1 aliphatic rings. The molecule has 17 heavy (non-hydrogen) atoms. The van der Waals surface area contributed by atoms with Gasteiger partial charge in [0.15, 0.2) is 0 Å². The Morgan fingerprint density at radius 1 is 1.65 bits per heavy atom. The average molecular weight is 245 g/mol. The Labute approximate surface area is 102 Å². The van der Waals surface area contributed by atoms with Crippen LogP contribution in [-0.4, -0.2) is 49.1 Å². The summed E-state index contributed by atoms with van der Waals surface area (Å²) in [6.07, 6.45) is 1.96. The predicted molar refractivity (Wildman–Crippen MR) is 64.1 cm³/mol. The molecule has 3 atom stereocenters. The third kappa shape index (κ3) is 3.66. The van der Waals surface area contributed by atoms with Crippen molar-refractivity contribution in [3.8, 4) is 0 Å². The van der Waals surface area contributed by atoms with E-state index in [2.05, 4.69) is 5.32 Å². The van der Waals surface area contributed by atoms with Gasteiger partial charge in [0.25, 0.3) is 0 Å². The average Bonchev–Trinajstić information content (AvgIpc) is 2.63. The Kier molecular flexibility index (Phi) is 5.36. The summed E-state index contributed by atoms with van der Waals surface area (Å²) in [7, 11) is 1.63. The Hall–Kier alpha value is -0.650. The minimum Gasteiger partial charge on any atom is -0.480 e. The second-order valence-electron chi connectivity index (χ2n) is 4.68. The topological polar surface area (TPSA) is 67.8 Å². The molecule has 0 aromatic rings. The van der Waals surface area contributed by atoms with Crippen molar-refractivity contribution in [3.05, 3.63) is 0 Å². The van der Waals surface area contributed by atoms with E-state index in [-0.39, 0.29) is 12.2 Å². The van der Waals surface area contributed by atoms with Crippen LogP contribution < -0.4 is 5.32 Å². The maximum atomic E-state index is 11.3. The van der Waals surface area contributed by atoms with Gasteiger partial charge in [-0.25, -0.2) is 0 Å². The van der Waals surface area contributed by atoms with Gasteiger partial charge in [0.05, 0.1) is 18.8 Å². The predicted octanol–water partition coefficient (Wildman–Crippen LogP) is 1.02. The van der Waals surface area contributed by atoms with Crippen LogP contribution >= 0.6 is 0 Å². The van der Waals surface area contributed by atoms with Crippen LogP contribution in [0.15, 0.2) is 0 Å². The van der Waals surface area contributed by atoms with Gasteiger partial charge in [-0.1, -0.05) is 6.92 Å². The van der Waals surface area contributed by atoms with Crippen molar-refractivity contribution in [1.82, 2.24) is 5.32 Å². The van der Waals surface area contributed by atoms with Gasteiger partial charge in [0.1, 0.15) is 5.54 Å². The van der Waals surface area contributed by atoms with Crippen LogP contribution in [0, 0.1) is 0 Å². The van der Waals surface area contributed by atoms with E-state index in [1.165, 1.54) is 0 Å². The van der Waals surface area contributed by atoms with Crippen molar-refractivity contribution in [1.29, 1.82) is 0 Å². The number of carboxylic acid groups (broad SMARTS) is 1. The molecule has 2 N–H and O–H groups in total. The summed E-state index contributed by atoms with van der Waals surface area (Å²) in [5.41, 5.74) is -0.799. The van der Waals surface area contributed by atoms with Crippen molar-refractivity contribution >= 4 is 5.97 Å². The second-order valence-corrected chi connectivity index (χ2v) is 4.68. The highest BCUT2D eigenvalue weighted by Crippen LogP contribution is 2.32. The van der Waals surface area contributed by atoms with E-state index in [0.717, 1.165) is 6.42 Å². The second kappa shape index (κ2) is 6.33. The van der Waals surface area contributed by atoms with E-state index >= 15 is 0 Å². The molecule has 1 fully saturated rings. The van der Waals surface area contributed by atoms with E-state index in [4.69, 9.17) is 9.47 Å². The normalized spacial score (nSPS) is 30.4. The Morgan fingerprint density at radius 3 is 2.88 bits per heavy atom. The van der Waals surface area contributed by atoms with Crippen LogP contribution in [0.25, 0.3) is 0 Å². The van der Waals surface area contributed by atoms with Crippen LogP contribution in [0.4, 0.5) is 0 Å². The number of rotatable bonds is 7. The highest BCUT2D eigenvalue weighted by Gasteiger charge is 2.45. The maximum absolute atomic E-state index is 11.3. The molecule has 5 nitrogen and oxygen atoms in total. The smallest absolute Gasteiger partial charge is 0.323 e. The Morgan fingerprint density at radius 2 is 2.35 bits per heavy atom. The number of hydrogen-bond donors (Lipinski definition) is 2. The molecule has 3 unspecified atom stereocenters. The third-order valence-corrected chi connectivity index (χ3v) is 3.22. The fourth-order valence-corrected chi connectivity index (χ4v) is 2.49. The minimum absolute atomic E-state index is 0.00954. The lowest BCUT2D eigenvalue weighted by molar-refractivity contribution is -0.145. The SMILES string of the molecule is CCNC1(C(=O)O)CCC(OC(C)COC)C1. The highest BCUT2D eigenvalue weighted by molar-refractivity contribution is 5.79. The van der Waals surface area contributed by atoms with E-state index in [1.807, 2.05) is 13.8 Å². The molecular weight excluding hydrogens is 222 g/mol. The molecule has 0 spiro atoms. The van der Waals surface area contributed by atoms with E-state index in [0.29, 0.717) is 26.0 Å². The van der Waals surface area contributed by atoms with Gasteiger partial charge in [-0.2, -0.15) is 0 Å².